The third-order valence-corrected chi connectivity index (χ3v) is 3.68. The fraction of sp³-hybridized carbons (Fsp3) is 0.571. The minimum Gasteiger partial charge on any atom is -0.385 e. The second-order valence-electron chi connectivity index (χ2n) is 4.71. The molecule has 1 aromatic rings. The summed E-state index contributed by atoms with van der Waals surface area (Å²) in [4.78, 5) is 0. The predicted molar refractivity (Wildman–Crippen MR) is 67.7 cm³/mol. The maximum absolute atomic E-state index is 10.7. The lowest BCUT2D eigenvalue weighted by molar-refractivity contribution is 0.000539. The van der Waals surface area contributed by atoms with Gasteiger partial charge in [-0.25, -0.2) is 0 Å². The van der Waals surface area contributed by atoms with Crippen LogP contribution in [0.3, 0.4) is 0 Å². The number of aliphatic hydroxyl groups is 1. The highest BCUT2D eigenvalue weighted by Crippen LogP contribution is 2.31. The fourth-order valence-corrected chi connectivity index (χ4v) is 2.38. The molecule has 1 aromatic carbocycles. The van der Waals surface area contributed by atoms with Crippen LogP contribution in [0.5, 0.6) is 0 Å². The summed E-state index contributed by atoms with van der Waals surface area (Å²) in [6.07, 6.45) is 1.36. The Kier molecular flexibility index (Phi) is 3.82. The number of methoxy groups -OCH3 is 1. The molecule has 2 N–H and O–H groups in total. The van der Waals surface area contributed by atoms with Crippen LogP contribution in [0.2, 0.25) is 0 Å². The first-order valence-corrected chi connectivity index (χ1v) is 6.24. The van der Waals surface area contributed by atoms with Crippen LogP contribution in [0, 0.1) is 0 Å². The van der Waals surface area contributed by atoms with Gasteiger partial charge >= 0.3 is 0 Å². The van der Waals surface area contributed by atoms with Crippen LogP contribution in [-0.2, 0) is 23.4 Å². The van der Waals surface area contributed by atoms with E-state index in [0.717, 1.165) is 18.7 Å². The van der Waals surface area contributed by atoms with E-state index in [4.69, 9.17) is 4.74 Å². The van der Waals surface area contributed by atoms with Crippen molar-refractivity contribution in [3.8, 4) is 0 Å². The van der Waals surface area contributed by atoms with E-state index in [1.807, 2.05) is 13.0 Å². The van der Waals surface area contributed by atoms with Crippen molar-refractivity contribution in [3.63, 3.8) is 0 Å². The summed E-state index contributed by atoms with van der Waals surface area (Å²) in [7, 11) is 1.67. The van der Waals surface area contributed by atoms with E-state index < -0.39 is 5.60 Å². The first kappa shape index (κ1) is 12.6. The number of ether oxygens (including phenoxy) is 1. The van der Waals surface area contributed by atoms with Crippen molar-refractivity contribution in [3.05, 3.63) is 34.9 Å². The highest BCUT2D eigenvalue weighted by Gasteiger charge is 2.27. The highest BCUT2D eigenvalue weighted by molar-refractivity contribution is 5.37. The van der Waals surface area contributed by atoms with E-state index in [0.29, 0.717) is 19.4 Å². The molecule has 1 aliphatic heterocycles. The van der Waals surface area contributed by atoms with Gasteiger partial charge in [0.2, 0.25) is 0 Å². The molecule has 0 fully saturated rings. The van der Waals surface area contributed by atoms with Crippen LogP contribution in [0.15, 0.2) is 18.2 Å². The van der Waals surface area contributed by atoms with Crippen molar-refractivity contribution < 1.29 is 9.84 Å². The Morgan fingerprint density at radius 3 is 2.82 bits per heavy atom. The Morgan fingerprint density at radius 1 is 1.35 bits per heavy atom. The van der Waals surface area contributed by atoms with Gasteiger partial charge < -0.3 is 15.2 Å². The summed E-state index contributed by atoms with van der Waals surface area (Å²) >= 11 is 0. The lowest BCUT2D eigenvalue weighted by atomic mass is 9.86. The molecule has 0 radical (unpaired) electrons. The quantitative estimate of drug-likeness (QED) is 0.819. The number of rotatable bonds is 5. The van der Waals surface area contributed by atoms with Gasteiger partial charge in [0.25, 0.3) is 0 Å². The SMILES string of the molecule is CCC(O)(CCOC)c1ccc2c(c1)CNC2. The Hall–Kier alpha value is -0.900. The predicted octanol–water partition coefficient (Wildman–Crippen LogP) is 1.92. The van der Waals surface area contributed by atoms with Crippen molar-refractivity contribution in [1.82, 2.24) is 5.32 Å². The Labute approximate surface area is 103 Å². The second-order valence-corrected chi connectivity index (χ2v) is 4.71. The van der Waals surface area contributed by atoms with Crippen molar-refractivity contribution in [2.24, 2.45) is 0 Å². The Morgan fingerprint density at radius 2 is 2.12 bits per heavy atom. The largest absolute Gasteiger partial charge is 0.385 e. The molecule has 0 aromatic heterocycles. The van der Waals surface area contributed by atoms with E-state index in [-0.39, 0.29) is 0 Å². The molecule has 94 valence electrons. The van der Waals surface area contributed by atoms with Gasteiger partial charge in [0.05, 0.1) is 5.60 Å². The van der Waals surface area contributed by atoms with Crippen LogP contribution < -0.4 is 5.32 Å². The molecular weight excluding hydrogens is 214 g/mol. The monoisotopic (exact) mass is 235 g/mol. The van der Waals surface area contributed by atoms with Gasteiger partial charge in [-0.15, -0.1) is 0 Å². The normalized spacial score (nSPS) is 17.8. The zero-order valence-electron chi connectivity index (χ0n) is 10.6. The Bertz CT molecular complexity index is 392. The molecule has 0 saturated carbocycles. The van der Waals surface area contributed by atoms with E-state index >= 15 is 0 Å². The molecule has 0 amide bonds. The van der Waals surface area contributed by atoms with Gasteiger partial charge in [-0.05, 0) is 23.1 Å². The van der Waals surface area contributed by atoms with E-state index in [1.165, 1.54) is 11.1 Å². The minimum absolute atomic E-state index is 0.583. The van der Waals surface area contributed by atoms with Gasteiger partial charge in [0.1, 0.15) is 0 Å². The summed E-state index contributed by atoms with van der Waals surface area (Å²) in [5.41, 5.74) is 2.92. The van der Waals surface area contributed by atoms with Gasteiger partial charge in [-0.2, -0.15) is 0 Å². The van der Waals surface area contributed by atoms with Crippen LogP contribution in [0.1, 0.15) is 36.5 Å². The zero-order valence-corrected chi connectivity index (χ0v) is 10.6. The first-order valence-electron chi connectivity index (χ1n) is 6.24. The number of benzene rings is 1. The van der Waals surface area contributed by atoms with Crippen molar-refractivity contribution >= 4 is 0 Å². The molecule has 0 aliphatic carbocycles. The van der Waals surface area contributed by atoms with Crippen molar-refractivity contribution in [2.75, 3.05) is 13.7 Å². The smallest absolute Gasteiger partial charge is 0.0916 e. The maximum atomic E-state index is 10.7. The third-order valence-electron chi connectivity index (χ3n) is 3.68. The molecule has 0 saturated heterocycles. The molecule has 1 unspecified atom stereocenters. The number of hydrogen-bond donors (Lipinski definition) is 2. The highest BCUT2D eigenvalue weighted by atomic mass is 16.5. The average Bonchev–Trinajstić information content (AvgIpc) is 2.83. The zero-order chi connectivity index (χ0) is 12.3. The minimum atomic E-state index is -0.756. The standard InChI is InChI=1S/C14H21NO2/c1-3-14(16,6-7-17-2)13-5-4-11-9-15-10-12(11)8-13/h4-5,8,15-16H,3,6-7,9-10H2,1-2H3. The van der Waals surface area contributed by atoms with E-state index in [1.54, 1.807) is 7.11 Å². The summed E-state index contributed by atoms with van der Waals surface area (Å²) in [5, 5.41) is 14.0. The molecule has 1 heterocycles. The van der Waals surface area contributed by atoms with Crippen molar-refractivity contribution in [1.29, 1.82) is 0 Å². The molecule has 1 aliphatic rings. The van der Waals surface area contributed by atoms with Crippen LogP contribution in [0.4, 0.5) is 0 Å². The maximum Gasteiger partial charge on any atom is 0.0916 e. The number of hydrogen-bond acceptors (Lipinski definition) is 3. The molecule has 3 nitrogen and oxygen atoms in total. The molecule has 17 heavy (non-hydrogen) atoms. The van der Waals surface area contributed by atoms with Gasteiger partial charge in [0, 0.05) is 33.2 Å². The van der Waals surface area contributed by atoms with Gasteiger partial charge in [-0.1, -0.05) is 25.1 Å². The lowest BCUT2D eigenvalue weighted by Gasteiger charge is -2.27. The first-order chi connectivity index (χ1) is 8.19. The summed E-state index contributed by atoms with van der Waals surface area (Å²) < 4.78 is 5.08. The molecular formula is C14H21NO2. The summed E-state index contributed by atoms with van der Waals surface area (Å²) in [5.74, 6) is 0. The van der Waals surface area contributed by atoms with Crippen LogP contribution >= 0.6 is 0 Å². The van der Waals surface area contributed by atoms with Gasteiger partial charge in [0.15, 0.2) is 0 Å². The topological polar surface area (TPSA) is 41.5 Å². The fourth-order valence-electron chi connectivity index (χ4n) is 2.38. The number of fused-ring (bicyclic) bond motifs is 1. The molecule has 0 bridgehead atoms. The third kappa shape index (κ3) is 2.51. The molecule has 2 rings (SSSR count). The molecule has 1 atom stereocenters. The Balaban J connectivity index is 2.24. The molecule has 0 spiro atoms. The van der Waals surface area contributed by atoms with E-state index in [2.05, 4.69) is 17.4 Å². The van der Waals surface area contributed by atoms with Crippen LogP contribution in [-0.4, -0.2) is 18.8 Å². The lowest BCUT2D eigenvalue weighted by Crippen LogP contribution is -2.26. The number of nitrogens with one attached hydrogen (secondary N) is 1. The van der Waals surface area contributed by atoms with E-state index in [9.17, 15) is 5.11 Å². The molecule has 3 heteroatoms. The second kappa shape index (κ2) is 5.17. The van der Waals surface area contributed by atoms with Crippen molar-refractivity contribution in [2.45, 2.75) is 38.5 Å². The summed E-state index contributed by atoms with van der Waals surface area (Å²) in [6, 6.07) is 6.30. The summed E-state index contributed by atoms with van der Waals surface area (Å²) in [6.45, 7) is 4.45. The van der Waals surface area contributed by atoms with Crippen LogP contribution in [0.25, 0.3) is 0 Å². The average molecular weight is 235 g/mol. The van der Waals surface area contributed by atoms with Gasteiger partial charge in [-0.3, -0.25) is 0 Å².